The van der Waals surface area contributed by atoms with E-state index in [-0.39, 0.29) is 0 Å². The summed E-state index contributed by atoms with van der Waals surface area (Å²) in [6.07, 6.45) is 6.62. The summed E-state index contributed by atoms with van der Waals surface area (Å²) in [7, 11) is 1.70. The van der Waals surface area contributed by atoms with Crippen LogP contribution in [-0.4, -0.2) is 40.8 Å². The molecule has 0 saturated carbocycles. The van der Waals surface area contributed by atoms with E-state index in [9.17, 15) is 0 Å². The van der Waals surface area contributed by atoms with Crippen LogP contribution in [0.25, 0.3) is 0 Å². The van der Waals surface area contributed by atoms with Crippen molar-refractivity contribution in [3.8, 4) is 5.75 Å². The van der Waals surface area contributed by atoms with Gasteiger partial charge in [0.2, 0.25) is 0 Å². The lowest BCUT2D eigenvalue weighted by Crippen LogP contribution is -2.32. The second kappa shape index (κ2) is 8.50. The Morgan fingerprint density at radius 3 is 2.72 bits per heavy atom. The molecule has 1 saturated heterocycles. The second-order valence-corrected chi connectivity index (χ2v) is 7.00. The van der Waals surface area contributed by atoms with Gasteiger partial charge in [-0.05, 0) is 44.4 Å². The maximum absolute atomic E-state index is 5.87. The minimum absolute atomic E-state index is 0.334. The molecule has 1 fully saturated rings. The fourth-order valence-corrected chi connectivity index (χ4v) is 3.39. The molecular formula is C20H29N3O2. The molecule has 1 aromatic heterocycles. The van der Waals surface area contributed by atoms with Crippen molar-refractivity contribution in [2.45, 2.75) is 51.9 Å². The van der Waals surface area contributed by atoms with Crippen LogP contribution in [0.1, 0.15) is 44.1 Å². The summed E-state index contributed by atoms with van der Waals surface area (Å²) in [4.78, 5) is 7.02. The van der Waals surface area contributed by atoms with E-state index in [0.717, 1.165) is 44.2 Å². The van der Waals surface area contributed by atoms with Gasteiger partial charge in [0.1, 0.15) is 11.6 Å². The number of ether oxygens (including phenoxy) is 2. The molecule has 3 rings (SSSR count). The average molecular weight is 343 g/mol. The molecule has 5 nitrogen and oxygen atoms in total. The van der Waals surface area contributed by atoms with Gasteiger partial charge in [0, 0.05) is 38.1 Å². The van der Waals surface area contributed by atoms with Crippen LogP contribution in [0.15, 0.2) is 36.7 Å². The van der Waals surface area contributed by atoms with Gasteiger partial charge in [0.25, 0.3) is 0 Å². The van der Waals surface area contributed by atoms with E-state index in [0.29, 0.717) is 12.1 Å². The molecule has 2 heterocycles. The van der Waals surface area contributed by atoms with Crippen molar-refractivity contribution in [2.75, 3.05) is 20.3 Å². The molecule has 0 aliphatic carbocycles. The fraction of sp³-hybridized carbons (Fsp3) is 0.550. The number of imidazole rings is 1. The second-order valence-electron chi connectivity index (χ2n) is 7.00. The zero-order valence-electron chi connectivity index (χ0n) is 15.5. The first-order valence-corrected chi connectivity index (χ1v) is 9.14. The summed E-state index contributed by atoms with van der Waals surface area (Å²) >= 11 is 0. The molecular weight excluding hydrogens is 314 g/mol. The van der Waals surface area contributed by atoms with E-state index in [1.165, 1.54) is 12.0 Å². The fourth-order valence-electron chi connectivity index (χ4n) is 3.39. The van der Waals surface area contributed by atoms with Gasteiger partial charge in [0.05, 0.1) is 19.8 Å². The number of hydrogen-bond acceptors (Lipinski definition) is 4. The minimum atomic E-state index is 0.334. The molecule has 0 N–H and O–H groups in total. The lowest BCUT2D eigenvalue weighted by atomic mass is 10.1. The van der Waals surface area contributed by atoms with E-state index >= 15 is 0 Å². The normalized spacial score (nSPS) is 17.6. The maximum Gasteiger partial charge on any atom is 0.123 e. The predicted octanol–water partition coefficient (Wildman–Crippen LogP) is 3.65. The highest BCUT2D eigenvalue weighted by molar-refractivity contribution is 5.27. The first kappa shape index (κ1) is 18.0. The number of aromatic nitrogens is 2. The van der Waals surface area contributed by atoms with Gasteiger partial charge in [-0.15, -0.1) is 0 Å². The van der Waals surface area contributed by atoms with Crippen LogP contribution in [0.3, 0.4) is 0 Å². The molecule has 1 aliphatic heterocycles. The minimum Gasteiger partial charge on any atom is -0.497 e. The zero-order valence-corrected chi connectivity index (χ0v) is 15.5. The summed E-state index contributed by atoms with van der Waals surface area (Å²) in [5.41, 5.74) is 1.28. The van der Waals surface area contributed by atoms with E-state index in [1.54, 1.807) is 7.11 Å². The van der Waals surface area contributed by atoms with Gasteiger partial charge in [-0.3, -0.25) is 4.90 Å². The molecule has 0 amide bonds. The first-order valence-electron chi connectivity index (χ1n) is 9.14. The molecule has 0 radical (unpaired) electrons. The third kappa shape index (κ3) is 4.83. The van der Waals surface area contributed by atoms with Crippen molar-refractivity contribution < 1.29 is 9.47 Å². The molecule has 0 spiro atoms. The molecule has 5 heteroatoms. The Bertz CT molecular complexity index is 645. The Kier molecular flexibility index (Phi) is 6.10. The Morgan fingerprint density at radius 1 is 1.28 bits per heavy atom. The standard InChI is InChI=1S/C20H29N3O2/c1-16(2)23-11-10-21-20(23)15-22(14-19-5-4-12-25-19)13-17-6-8-18(24-3)9-7-17/h6-11,16,19H,4-5,12-15H2,1-3H3/t19-/m1/s1. The number of nitrogens with zero attached hydrogens (tertiary/aromatic N) is 3. The first-order chi connectivity index (χ1) is 12.2. The Labute approximate surface area is 150 Å². The Hall–Kier alpha value is -1.85. The third-order valence-corrected chi connectivity index (χ3v) is 4.72. The number of benzene rings is 1. The van der Waals surface area contributed by atoms with Crippen molar-refractivity contribution in [1.82, 2.24) is 14.5 Å². The highest BCUT2D eigenvalue weighted by Crippen LogP contribution is 2.19. The van der Waals surface area contributed by atoms with Gasteiger partial charge in [-0.1, -0.05) is 12.1 Å². The summed E-state index contributed by atoms with van der Waals surface area (Å²) in [6.45, 7) is 7.93. The zero-order chi connectivity index (χ0) is 17.6. The van der Waals surface area contributed by atoms with Crippen LogP contribution in [0.2, 0.25) is 0 Å². The summed E-state index contributed by atoms with van der Waals surface area (Å²) < 4.78 is 13.4. The molecule has 25 heavy (non-hydrogen) atoms. The van der Waals surface area contributed by atoms with E-state index in [4.69, 9.17) is 9.47 Å². The highest BCUT2D eigenvalue weighted by atomic mass is 16.5. The summed E-state index contributed by atoms with van der Waals surface area (Å²) in [6, 6.07) is 8.73. The topological polar surface area (TPSA) is 39.5 Å². The number of hydrogen-bond donors (Lipinski definition) is 0. The summed E-state index contributed by atoms with van der Waals surface area (Å²) in [5.74, 6) is 2.01. The molecule has 0 unspecified atom stereocenters. The van der Waals surface area contributed by atoms with Crippen LogP contribution >= 0.6 is 0 Å². The quantitative estimate of drug-likeness (QED) is 0.733. The van der Waals surface area contributed by atoms with Crippen molar-refractivity contribution in [1.29, 1.82) is 0 Å². The largest absolute Gasteiger partial charge is 0.497 e. The Balaban J connectivity index is 1.72. The van der Waals surface area contributed by atoms with E-state index in [2.05, 4.69) is 46.6 Å². The van der Waals surface area contributed by atoms with Crippen molar-refractivity contribution in [3.63, 3.8) is 0 Å². The molecule has 0 bridgehead atoms. The predicted molar refractivity (Wildman–Crippen MR) is 98.7 cm³/mol. The maximum atomic E-state index is 5.87. The van der Waals surface area contributed by atoms with E-state index < -0.39 is 0 Å². The smallest absolute Gasteiger partial charge is 0.123 e. The van der Waals surface area contributed by atoms with Crippen molar-refractivity contribution in [2.24, 2.45) is 0 Å². The summed E-state index contributed by atoms with van der Waals surface area (Å²) in [5, 5.41) is 0. The van der Waals surface area contributed by atoms with Gasteiger partial charge in [0.15, 0.2) is 0 Å². The van der Waals surface area contributed by atoms with Crippen LogP contribution in [-0.2, 0) is 17.8 Å². The SMILES string of the molecule is COc1ccc(CN(Cc2nccn2C(C)C)C[C@H]2CCCO2)cc1. The lowest BCUT2D eigenvalue weighted by Gasteiger charge is -2.26. The van der Waals surface area contributed by atoms with Crippen molar-refractivity contribution >= 4 is 0 Å². The molecule has 2 aromatic rings. The van der Waals surface area contributed by atoms with Crippen LogP contribution in [0, 0.1) is 0 Å². The number of rotatable bonds is 8. The van der Waals surface area contributed by atoms with E-state index in [1.807, 2.05) is 18.3 Å². The van der Waals surface area contributed by atoms with Gasteiger partial charge < -0.3 is 14.0 Å². The monoisotopic (exact) mass is 343 g/mol. The molecule has 136 valence electrons. The Morgan fingerprint density at radius 2 is 2.08 bits per heavy atom. The number of methoxy groups -OCH3 is 1. The molecule has 1 atom stereocenters. The van der Waals surface area contributed by atoms with Gasteiger partial charge in [-0.2, -0.15) is 0 Å². The molecule has 1 aromatic carbocycles. The molecule has 1 aliphatic rings. The van der Waals surface area contributed by atoms with Crippen molar-refractivity contribution in [3.05, 3.63) is 48.0 Å². The van der Waals surface area contributed by atoms with Crippen LogP contribution < -0.4 is 4.74 Å². The average Bonchev–Trinajstić information content (AvgIpc) is 3.27. The van der Waals surface area contributed by atoms with Gasteiger partial charge in [-0.25, -0.2) is 4.98 Å². The van der Waals surface area contributed by atoms with Crippen LogP contribution in [0.4, 0.5) is 0 Å². The highest BCUT2D eigenvalue weighted by Gasteiger charge is 2.21. The van der Waals surface area contributed by atoms with Gasteiger partial charge >= 0.3 is 0 Å². The third-order valence-electron chi connectivity index (χ3n) is 4.72. The lowest BCUT2D eigenvalue weighted by molar-refractivity contribution is 0.0665. The van der Waals surface area contributed by atoms with Crippen LogP contribution in [0.5, 0.6) is 5.75 Å².